The maximum atomic E-state index is 13.7. The molecule has 4 aromatic heterocycles. The zero-order valence-electron chi connectivity index (χ0n) is 17.9. The lowest BCUT2D eigenvalue weighted by Gasteiger charge is -2.27. The maximum Gasteiger partial charge on any atom is 0.282 e. The van der Waals surface area contributed by atoms with Crippen molar-refractivity contribution in [1.82, 2.24) is 34.1 Å². The fourth-order valence-electron chi connectivity index (χ4n) is 4.60. The van der Waals surface area contributed by atoms with E-state index in [1.165, 1.54) is 0 Å². The Morgan fingerprint density at radius 3 is 2.79 bits per heavy atom. The SMILES string of the molecule is Cc1ccn2nc([C@@H]3CCCN3c3nc(N)nc4nc[nH]c34)n(-c3ccccc3)c(=O)c12.S. The Labute approximate surface area is 195 Å². The zero-order valence-corrected chi connectivity index (χ0v) is 18.9. The van der Waals surface area contributed by atoms with E-state index in [1.54, 1.807) is 15.4 Å². The molecule has 0 aliphatic carbocycles. The number of hydrogen-bond acceptors (Lipinski definition) is 7. The number of hydrogen-bond donors (Lipinski definition) is 2. The van der Waals surface area contributed by atoms with Gasteiger partial charge in [0.2, 0.25) is 5.95 Å². The lowest BCUT2D eigenvalue weighted by Crippen LogP contribution is -2.33. The molecule has 0 spiro atoms. The van der Waals surface area contributed by atoms with Crippen LogP contribution in [0.2, 0.25) is 0 Å². The molecule has 0 bridgehead atoms. The van der Waals surface area contributed by atoms with Gasteiger partial charge in [-0.05, 0) is 43.5 Å². The summed E-state index contributed by atoms with van der Waals surface area (Å²) in [5.41, 5.74) is 9.37. The van der Waals surface area contributed by atoms with Crippen LogP contribution in [0, 0.1) is 6.92 Å². The standard InChI is InChI=1S/C22H21N9O.H2S/c1-13-9-11-30-17(13)21(32)31(14-6-3-2-4-7-14)19(28-30)15-8-5-10-29(15)20-16-18(25-12-24-16)26-22(23)27-20;/h2-4,6-7,9,11-12,15H,5,8,10H2,1H3,(H3,23,24,25,26,27);1H2/t15-;/m0./s1. The number of para-hydroxylation sites is 1. The Balaban J connectivity index is 0.00000228. The van der Waals surface area contributed by atoms with E-state index in [-0.39, 0.29) is 31.0 Å². The number of nitrogens with zero attached hydrogens (tertiary/aromatic N) is 7. The molecule has 5 heterocycles. The first-order valence-electron chi connectivity index (χ1n) is 10.5. The van der Waals surface area contributed by atoms with E-state index in [4.69, 9.17) is 10.8 Å². The number of aryl methyl sites for hydroxylation is 1. The molecule has 3 N–H and O–H groups in total. The first kappa shape index (κ1) is 21.0. The van der Waals surface area contributed by atoms with Crippen molar-refractivity contribution < 1.29 is 0 Å². The average molecular weight is 462 g/mol. The minimum atomic E-state index is -0.171. The van der Waals surface area contributed by atoms with Crippen LogP contribution in [-0.4, -0.2) is 40.7 Å². The number of nitrogens with one attached hydrogen (secondary N) is 1. The van der Waals surface area contributed by atoms with Crippen LogP contribution in [0.4, 0.5) is 11.8 Å². The second kappa shape index (κ2) is 7.93. The molecule has 6 rings (SSSR count). The zero-order chi connectivity index (χ0) is 21.8. The van der Waals surface area contributed by atoms with Gasteiger partial charge in [-0.1, -0.05) is 18.2 Å². The monoisotopic (exact) mass is 461 g/mol. The molecule has 0 unspecified atom stereocenters. The molecule has 0 radical (unpaired) electrons. The highest BCUT2D eigenvalue weighted by Crippen LogP contribution is 2.37. The minimum absolute atomic E-state index is 0. The number of aromatic amines is 1. The molecule has 1 aromatic carbocycles. The number of nitrogens with two attached hydrogens (primary N) is 1. The Morgan fingerprint density at radius 1 is 1.15 bits per heavy atom. The molecule has 1 saturated heterocycles. The third-order valence-electron chi connectivity index (χ3n) is 6.03. The summed E-state index contributed by atoms with van der Waals surface area (Å²) in [6, 6.07) is 11.4. The fraction of sp³-hybridized carbons (Fsp3) is 0.227. The van der Waals surface area contributed by atoms with Crippen LogP contribution in [0.1, 0.15) is 30.3 Å². The minimum Gasteiger partial charge on any atom is -0.368 e. The van der Waals surface area contributed by atoms with Gasteiger partial charge in [0.05, 0.1) is 18.1 Å². The van der Waals surface area contributed by atoms with E-state index in [0.29, 0.717) is 22.8 Å². The summed E-state index contributed by atoms with van der Waals surface area (Å²) in [6.07, 6.45) is 5.17. The van der Waals surface area contributed by atoms with Crippen LogP contribution in [0.15, 0.2) is 53.7 Å². The number of rotatable bonds is 3. The summed E-state index contributed by atoms with van der Waals surface area (Å²) in [5, 5.41) is 4.92. The van der Waals surface area contributed by atoms with E-state index in [2.05, 4.69) is 24.8 Å². The number of imidazole rings is 1. The highest BCUT2D eigenvalue weighted by Gasteiger charge is 2.34. The normalized spacial score (nSPS) is 15.9. The van der Waals surface area contributed by atoms with Crippen LogP contribution >= 0.6 is 13.5 Å². The van der Waals surface area contributed by atoms with Crippen molar-refractivity contribution >= 4 is 41.9 Å². The Kier molecular flexibility index (Phi) is 5.05. The van der Waals surface area contributed by atoms with Crippen LogP contribution < -0.4 is 16.2 Å². The molecule has 5 aromatic rings. The number of nitrogen functional groups attached to an aromatic ring is 1. The third kappa shape index (κ3) is 3.23. The van der Waals surface area contributed by atoms with Crippen molar-refractivity contribution in [2.75, 3.05) is 17.2 Å². The van der Waals surface area contributed by atoms with Crippen LogP contribution in [0.5, 0.6) is 0 Å². The van der Waals surface area contributed by atoms with Gasteiger partial charge in [-0.2, -0.15) is 28.6 Å². The van der Waals surface area contributed by atoms with Gasteiger partial charge < -0.3 is 15.6 Å². The first-order chi connectivity index (χ1) is 15.6. The molecule has 33 heavy (non-hydrogen) atoms. The van der Waals surface area contributed by atoms with E-state index >= 15 is 0 Å². The average Bonchev–Trinajstić information content (AvgIpc) is 3.53. The molecule has 1 atom stereocenters. The van der Waals surface area contributed by atoms with Crippen molar-refractivity contribution in [3.63, 3.8) is 0 Å². The van der Waals surface area contributed by atoms with Gasteiger partial charge in [-0.25, -0.2) is 9.50 Å². The van der Waals surface area contributed by atoms with E-state index in [0.717, 1.165) is 36.2 Å². The van der Waals surface area contributed by atoms with Crippen molar-refractivity contribution in [3.05, 3.63) is 70.7 Å². The molecule has 1 aliphatic rings. The highest BCUT2D eigenvalue weighted by atomic mass is 32.1. The van der Waals surface area contributed by atoms with Crippen molar-refractivity contribution in [2.24, 2.45) is 0 Å². The Hall–Kier alpha value is -3.86. The largest absolute Gasteiger partial charge is 0.368 e. The molecule has 10 nitrogen and oxygen atoms in total. The molecular formula is C22H23N9OS. The second-order valence-corrected chi connectivity index (χ2v) is 7.98. The van der Waals surface area contributed by atoms with Crippen LogP contribution in [0.3, 0.4) is 0 Å². The van der Waals surface area contributed by atoms with Gasteiger partial charge in [0.25, 0.3) is 5.56 Å². The number of H-pyrrole nitrogens is 1. The van der Waals surface area contributed by atoms with Crippen molar-refractivity contribution in [3.8, 4) is 5.69 Å². The van der Waals surface area contributed by atoms with Crippen LogP contribution in [0.25, 0.3) is 22.4 Å². The van der Waals surface area contributed by atoms with Gasteiger partial charge in [-0.3, -0.25) is 9.36 Å². The Morgan fingerprint density at radius 2 is 1.97 bits per heavy atom. The summed E-state index contributed by atoms with van der Waals surface area (Å²) in [4.78, 5) is 31.9. The smallest absolute Gasteiger partial charge is 0.282 e. The first-order valence-corrected chi connectivity index (χ1v) is 10.5. The van der Waals surface area contributed by atoms with Gasteiger partial charge in [0.15, 0.2) is 17.3 Å². The topological polar surface area (TPSA) is 123 Å². The van der Waals surface area contributed by atoms with E-state index in [1.807, 2.05) is 49.5 Å². The molecule has 1 fully saturated rings. The maximum absolute atomic E-state index is 13.7. The summed E-state index contributed by atoms with van der Waals surface area (Å²) in [5.74, 6) is 1.49. The summed E-state index contributed by atoms with van der Waals surface area (Å²) >= 11 is 0. The van der Waals surface area contributed by atoms with Crippen molar-refractivity contribution in [1.29, 1.82) is 0 Å². The lowest BCUT2D eigenvalue weighted by molar-refractivity contribution is 0.602. The quantitative estimate of drug-likeness (QED) is 0.423. The molecule has 11 heteroatoms. The van der Waals surface area contributed by atoms with Gasteiger partial charge in [-0.15, -0.1) is 0 Å². The van der Waals surface area contributed by atoms with Gasteiger partial charge >= 0.3 is 0 Å². The number of anilines is 2. The molecule has 0 amide bonds. The predicted octanol–water partition coefficient (Wildman–Crippen LogP) is 2.50. The molecule has 168 valence electrons. The second-order valence-electron chi connectivity index (χ2n) is 7.98. The lowest BCUT2D eigenvalue weighted by atomic mass is 10.2. The summed E-state index contributed by atoms with van der Waals surface area (Å²) in [6.45, 7) is 2.68. The van der Waals surface area contributed by atoms with E-state index < -0.39 is 0 Å². The van der Waals surface area contributed by atoms with Gasteiger partial charge in [0, 0.05) is 12.7 Å². The Bertz CT molecular complexity index is 1520. The predicted molar refractivity (Wildman–Crippen MR) is 131 cm³/mol. The molecule has 0 saturated carbocycles. The molecule has 1 aliphatic heterocycles. The van der Waals surface area contributed by atoms with Gasteiger partial charge in [0.1, 0.15) is 11.0 Å². The number of fused-ring (bicyclic) bond motifs is 2. The number of benzene rings is 1. The summed E-state index contributed by atoms with van der Waals surface area (Å²) < 4.78 is 3.41. The third-order valence-corrected chi connectivity index (χ3v) is 6.03. The molecular weight excluding hydrogens is 438 g/mol. The fourth-order valence-corrected chi connectivity index (χ4v) is 4.60. The number of aromatic nitrogens is 7. The summed E-state index contributed by atoms with van der Waals surface area (Å²) in [7, 11) is 0. The van der Waals surface area contributed by atoms with E-state index in [9.17, 15) is 4.79 Å². The van der Waals surface area contributed by atoms with Crippen LogP contribution in [-0.2, 0) is 0 Å². The highest BCUT2D eigenvalue weighted by molar-refractivity contribution is 7.59. The van der Waals surface area contributed by atoms with Crippen molar-refractivity contribution in [2.45, 2.75) is 25.8 Å².